The van der Waals surface area contributed by atoms with Crippen molar-refractivity contribution in [3.05, 3.63) is 29.8 Å². The second-order valence-electron chi connectivity index (χ2n) is 4.51. The smallest absolute Gasteiger partial charge is 0.416 e. The number of alkyl halides is 3. The van der Waals surface area contributed by atoms with E-state index in [1.54, 1.807) is 0 Å². The molecule has 0 bridgehead atoms. The molecule has 5 heteroatoms. The molecule has 0 amide bonds. The van der Waals surface area contributed by atoms with Crippen LogP contribution in [-0.2, 0) is 6.18 Å². The third-order valence-corrected chi connectivity index (χ3v) is 2.77. The molecule has 0 aliphatic carbocycles. The number of benzene rings is 1. The van der Waals surface area contributed by atoms with E-state index < -0.39 is 11.7 Å². The number of ether oxygens (including phenoxy) is 1. The molecule has 1 rings (SSSR count). The van der Waals surface area contributed by atoms with Crippen molar-refractivity contribution in [3.63, 3.8) is 0 Å². The Kier molecular flexibility index (Phi) is 6.15. The fourth-order valence-corrected chi connectivity index (χ4v) is 1.75. The third-order valence-electron chi connectivity index (χ3n) is 2.77. The zero-order valence-electron chi connectivity index (χ0n) is 11.3. The van der Waals surface area contributed by atoms with Crippen LogP contribution in [0.25, 0.3) is 0 Å². The summed E-state index contributed by atoms with van der Waals surface area (Å²) in [7, 11) is 0. The number of nitrogens with one attached hydrogen (secondary N) is 1. The minimum Gasteiger partial charge on any atom is -0.492 e. The van der Waals surface area contributed by atoms with Gasteiger partial charge < -0.3 is 10.1 Å². The van der Waals surface area contributed by atoms with Crippen molar-refractivity contribution < 1.29 is 17.9 Å². The Hall–Kier alpha value is -1.23. The first-order valence-electron chi connectivity index (χ1n) is 6.47. The average molecular weight is 275 g/mol. The van der Waals surface area contributed by atoms with E-state index in [4.69, 9.17) is 4.74 Å². The molecule has 0 aliphatic heterocycles. The maximum Gasteiger partial charge on any atom is 0.416 e. The van der Waals surface area contributed by atoms with E-state index >= 15 is 0 Å². The Labute approximate surface area is 112 Å². The van der Waals surface area contributed by atoms with Gasteiger partial charge in [0.05, 0.1) is 5.56 Å². The van der Waals surface area contributed by atoms with Crippen molar-refractivity contribution in [2.45, 2.75) is 38.9 Å². The number of halogens is 3. The molecule has 1 aromatic carbocycles. The lowest BCUT2D eigenvalue weighted by Crippen LogP contribution is -2.29. The van der Waals surface area contributed by atoms with E-state index in [9.17, 15) is 13.2 Å². The van der Waals surface area contributed by atoms with Crippen LogP contribution < -0.4 is 10.1 Å². The zero-order valence-corrected chi connectivity index (χ0v) is 11.3. The lowest BCUT2D eigenvalue weighted by molar-refractivity contribution is -0.137. The van der Waals surface area contributed by atoms with Gasteiger partial charge in [-0.15, -0.1) is 0 Å². The zero-order chi connectivity index (χ0) is 14.3. The van der Waals surface area contributed by atoms with Crippen LogP contribution in [0.2, 0.25) is 0 Å². The first-order valence-corrected chi connectivity index (χ1v) is 6.47. The van der Waals surface area contributed by atoms with Gasteiger partial charge in [-0.2, -0.15) is 13.2 Å². The van der Waals surface area contributed by atoms with E-state index in [1.807, 2.05) is 0 Å². The predicted octanol–water partition coefficient (Wildman–Crippen LogP) is 3.86. The number of rotatable bonds is 7. The van der Waals surface area contributed by atoms with E-state index in [1.165, 1.54) is 12.1 Å². The van der Waals surface area contributed by atoms with Crippen molar-refractivity contribution in [1.82, 2.24) is 5.32 Å². The monoisotopic (exact) mass is 275 g/mol. The summed E-state index contributed by atoms with van der Waals surface area (Å²) in [5.41, 5.74) is -0.658. The Morgan fingerprint density at radius 2 is 1.84 bits per heavy atom. The highest BCUT2D eigenvalue weighted by atomic mass is 19.4. The van der Waals surface area contributed by atoms with E-state index in [0.29, 0.717) is 24.9 Å². The Bertz CT molecular complexity index is 362. The maximum absolute atomic E-state index is 12.3. The van der Waals surface area contributed by atoms with Crippen LogP contribution in [0.1, 0.15) is 32.3 Å². The quantitative estimate of drug-likeness (QED) is 0.763. The lowest BCUT2D eigenvalue weighted by atomic mass is 10.2. The maximum atomic E-state index is 12.3. The molecule has 108 valence electrons. The summed E-state index contributed by atoms with van der Waals surface area (Å²) < 4.78 is 42.4. The fraction of sp³-hybridized carbons (Fsp3) is 0.571. The molecule has 1 unspecified atom stereocenters. The molecule has 2 nitrogen and oxygen atoms in total. The summed E-state index contributed by atoms with van der Waals surface area (Å²) in [6.45, 7) is 5.35. The predicted molar refractivity (Wildman–Crippen MR) is 69.3 cm³/mol. The van der Waals surface area contributed by atoms with Gasteiger partial charge in [0.2, 0.25) is 0 Å². The molecule has 19 heavy (non-hydrogen) atoms. The molecule has 0 aromatic heterocycles. The molecule has 0 saturated carbocycles. The van der Waals surface area contributed by atoms with Crippen molar-refractivity contribution in [2.75, 3.05) is 13.2 Å². The Balaban J connectivity index is 2.31. The number of hydrogen-bond donors (Lipinski definition) is 1. The Morgan fingerprint density at radius 3 is 2.37 bits per heavy atom. The lowest BCUT2D eigenvalue weighted by Gasteiger charge is -2.13. The highest BCUT2D eigenvalue weighted by molar-refractivity contribution is 5.28. The molecule has 1 N–H and O–H groups in total. The molecule has 1 atom stereocenters. The molecule has 0 heterocycles. The van der Waals surface area contributed by atoms with Crippen LogP contribution in [0.5, 0.6) is 5.75 Å². The first kappa shape index (κ1) is 15.8. The molecular weight excluding hydrogens is 255 g/mol. The minimum atomic E-state index is -4.30. The minimum absolute atomic E-state index is 0.432. The molecule has 1 aromatic rings. The molecule has 0 aliphatic rings. The highest BCUT2D eigenvalue weighted by Gasteiger charge is 2.29. The van der Waals surface area contributed by atoms with E-state index in [-0.39, 0.29) is 0 Å². The molecular formula is C14H20F3NO. The number of hydrogen-bond acceptors (Lipinski definition) is 2. The van der Waals surface area contributed by atoms with Crippen LogP contribution in [-0.4, -0.2) is 19.2 Å². The Morgan fingerprint density at radius 1 is 1.21 bits per heavy atom. The van der Waals surface area contributed by atoms with Gasteiger partial charge in [0, 0.05) is 12.6 Å². The van der Waals surface area contributed by atoms with Gasteiger partial charge in [0.25, 0.3) is 0 Å². The largest absolute Gasteiger partial charge is 0.492 e. The second-order valence-corrected chi connectivity index (χ2v) is 4.51. The normalized spacial score (nSPS) is 13.3. The van der Waals surface area contributed by atoms with Gasteiger partial charge in [0.1, 0.15) is 12.4 Å². The van der Waals surface area contributed by atoms with Gasteiger partial charge in [-0.3, -0.25) is 0 Å². The van der Waals surface area contributed by atoms with Gasteiger partial charge in [-0.1, -0.05) is 13.3 Å². The topological polar surface area (TPSA) is 21.3 Å². The van der Waals surface area contributed by atoms with Crippen LogP contribution in [0, 0.1) is 0 Å². The van der Waals surface area contributed by atoms with Crippen LogP contribution in [0.15, 0.2) is 24.3 Å². The molecule has 0 spiro atoms. The van der Waals surface area contributed by atoms with E-state index in [0.717, 1.165) is 25.0 Å². The molecule has 0 fully saturated rings. The van der Waals surface area contributed by atoms with Crippen molar-refractivity contribution >= 4 is 0 Å². The summed E-state index contributed by atoms with van der Waals surface area (Å²) in [5, 5.41) is 3.28. The van der Waals surface area contributed by atoms with Crippen molar-refractivity contribution in [1.29, 1.82) is 0 Å². The summed E-state index contributed by atoms with van der Waals surface area (Å²) in [5.74, 6) is 0.456. The average Bonchev–Trinajstić information content (AvgIpc) is 2.34. The fourth-order valence-electron chi connectivity index (χ4n) is 1.75. The van der Waals surface area contributed by atoms with Crippen LogP contribution in [0.4, 0.5) is 13.2 Å². The van der Waals surface area contributed by atoms with Gasteiger partial charge in [-0.25, -0.2) is 0 Å². The van der Waals surface area contributed by atoms with Gasteiger partial charge in [0.15, 0.2) is 0 Å². The van der Waals surface area contributed by atoms with Gasteiger partial charge >= 0.3 is 6.18 Å². The molecule has 0 saturated heterocycles. The standard InChI is InChI=1S/C14H20F3NO/c1-3-4-11(2)18-9-10-19-13-7-5-12(6-8-13)14(15,16)17/h5-8,11,18H,3-4,9-10H2,1-2H3. The van der Waals surface area contributed by atoms with Crippen LogP contribution in [0.3, 0.4) is 0 Å². The van der Waals surface area contributed by atoms with Crippen LogP contribution >= 0.6 is 0 Å². The summed E-state index contributed by atoms with van der Waals surface area (Å²) in [6, 6.07) is 5.18. The SMILES string of the molecule is CCCC(C)NCCOc1ccc(C(F)(F)F)cc1. The van der Waals surface area contributed by atoms with Gasteiger partial charge in [-0.05, 0) is 37.6 Å². The first-order chi connectivity index (χ1) is 8.93. The summed E-state index contributed by atoms with van der Waals surface area (Å²) in [6.07, 6.45) is -2.08. The van der Waals surface area contributed by atoms with Crippen molar-refractivity contribution in [2.24, 2.45) is 0 Å². The van der Waals surface area contributed by atoms with Crippen molar-refractivity contribution in [3.8, 4) is 5.75 Å². The van der Waals surface area contributed by atoms with E-state index in [2.05, 4.69) is 19.2 Å². The molecule has 0 radical (unpaired) electrons. The summed E-state index contributed by atoms with van der Waals surface area (Å²) >= 11 is 0. The second kappa shape index (κ2) is 7.38. The highest BCUT2D eigenvalue weighted by Crippen LogP contribution is 2.30. The summed E-state index contributed by atoms with van der Waals surface area (Å²) in [4.78, 5) is 0. The third kappa shape index (κ3) is 5.96.